The van der Waals surface area contributed by atoms with Gasteiger partial charge in [-0.3, -0.25) is 0 Å². The molecule has 5 heteroatoms. The Kier molecular flexibility index (Phi) is 6.23. The molecule has 0 spiro atoms. The second-order valence-electron chi connectivity index (χ2n) is 2.70. The van der Waals surface area contributed by atoms with Crippen molar-refractivity contribution in [2.24, 2.45) is 0 Å². The van der Waals surface area contributed by atoms with Crippen molar-refractivity contribution in [3.63, 3.8) is 0 Å². The van der Waals surface area contributed by atoms with Gasteiger partial charge in [-0.05, 0) is 13.5 Å². The van der Waals surface area contributed by atoms with E-state index in [2.05, 4.69) is 5.32 Å². The molecule has 0 bridgehead atoms. The van der Waals surface area contributed by atoms with Crippen molar-refractivity contribution in [3.05, 3.63) is 0 Å². The minimum absolute atomic E-state index is 0.0714. The van der Waals surface area contributed by atoms with Crippen molar-refractivity contribution in [1.29, 1.82) is 0 Å². The van der Waals surface area contributed by atoms with Gasteiger partial charge in [0.25, 0.3) is 0 Å². The summed E-state index contributed by atoms with van der Waals surface area (Å²) in [6.07, 6.45) is -3.21. The SMILES string of the molecule is CNCC(O)C(O)[C@@H](O)CCO. The molecular formula is C7H17NO4. The number of likely N-dealkylation sites (N-methyl/N-ethyl adjacent to an activating group) is 1. The van der Waals surface area contributed by atoms with Gasteiger partial charge in [0.15, 0.2) is 0 Å². The van der Waals surface area contributed by atoms with Crippen molar-refractivity contribution in [1.82, 2.24) is 5.32 Å². The molecule has 0 aromatic rings. The van der Waals surface area contributed by atoms with Gasteiger partial charge in [-0.15, -0.1) is 0 Å². The van der Waals surface area contributed by atoms with Gasteiger partial charge in [-0.25, -0.2) is 0 Å². The summed E-state index contributed by atoms with van der Waals surface area (Å²) < 4.78 is 0. The summed E-state index contributed by atoms with van der Waals surface area (Å²) in [4.78, 5) is 0. The minimum atomic E-state index is -1.20. The zero-order valence-corrected chi connectivity index (χ0v) is 7.14. The molecule has 0 saturated heterocycles. The molecule has 0 saturated carbocycles. The van der Waals surface area contributed by atoms with Gasteiger partial charge in [-0.2, -0.15) is 0 Å². The van der Waals surface area contributed by atoms with Crippen LogP contribution in [0.15, 0.2) is 0 Å². The van der Waals surface area contributed by atoms with Crippen LogP contribution in [-0.2, 0) is 0 Å². The molecule has 0 aromatic heterocycles. The third-order valence-corrected chi connectivity index (χ3v) is 1.63. The zero-order chi connectivity index (χ0) is 9.56. The Hall–Kier alpha value is -0.200. The summed E-state index contributed by atoms with van der Waals surface area (Å²) in [5, 5.41) is 38.6. The number of hydrogen-bond acceptors (Lipinski definition) is 5. The Balaban J connectivity index is 3.73. The lowest BCUT2D eigenvalue weighted by Crippen LogP contribution is -2.42. The standard InChI is InChI=1S/C7H17NO4/c1-8-4-6(11)7(12)5(10)2-3-9/h5-12H,2-4H2,1H3/t5-,6?,7?/m0/s1. The lowest BCUT2D eigenvalue weighted by Gasteiger charge is -2.21. The largest absolute Gasteiger partial charge is 0.396 e. The summed E-state index contributed by atoms with van der Waals surface area (Å²) in [5.41, 5.74) is 0. The topological polar surface area (TPSA) is 93.0 Å². The molecule has 5 nitrogen and oxygen atoms in total. The van der Waals surface area contributed by atoms with E-state index < -0.39 is 18.3 Å². The highest BCUT2D eigenvalue weighted by Gasteiger charge is 2.23. The Labute approximate surface area is 71.7 Å². The molecule has 5 N–H and O–H groups in total. The van der Waals surface area contributed by atoms with Gasteiger partial charge in [0, 0.05) is 13.2 Å². The van der Waals surface area contributed by atoms with Crippen LogP contribution in [0.1, 0.15) is 6.42 Å². The number of aliphatic hydroxyl groups excluding tert-OH is 4. The maximum Gasteiger partial charge on any atom is 0.107 e. The maximum atomic E-state index is 9.20. The van der Waals surface area contributed by atoms with Gasteiger partial charge in [-0.1, -0.05) is 0 Å². The first-order valence-corrected chi connectivity index (χ1v) is 3.93. The monoisotopic (exact) mass is 179 g/mol. The van der Waals surface area contributed by atoms with Crippen LogP contribution in [0.25, 0.3) is 0 Å². The maximum absolute atomic E-state index is 9.20. The van der Waals surface area contributed by atoms with E-state index in [1.807, 2.05) is 0 Å². The van der Waals surface area contributed by atoms with Crippen molar-refractivity contribution >= 4 is 0 Å². The highest BCUT2D eigenvalue weighted by Crippen LogP contribution is 2.02. The van der Waals surface area contributed by atoms with Gasteiger partial charge >= 0.3 is 0 Å². The summed E-state index contributed by atoms with van der Waals surface area (Å²) >= 11 is 0. The van der Waals surface area contributed by atoms with Gasteiger partial charge in [0.2, 0.25) is 0 Å². The van der Waals surface area contributed by atoms with Gasteiger partial charge in [0.05, 0.1) is 12.2 Å². The fraction of sp³-hybridized carbons (Fsp3) is 1.00. The summed E-state index contributed by atoms with van der Waals surface area (Å²) in [7, 11) is 1.63. The third kappa shape index (κ3) is 3.99. The van der Waals surface area contributed by atoms with Crippen LogP contribution in [0.4, 0.5) is 0 Å². The van der Waals surface area contributed by atoms with E-state index in [1.165, 1.54) is 0 Å². The van der Waals surface area contributed by atoms with Crippen LogP contribution in [0.3, 0.4) is 0 Å². The average Bonchev–Trinajstić information content (AvgIpc) is 2.04. The molecule has 12 heavy (non-hydrogen) atoms. The first-order valence-electron chi connectivity index (χ1n) is 3.93. The van der Waals surface area contributed by atoms with E-state index in [-0.39, 0.29) is 19.6 Å². The van der Waals surface area contributed by atoms with Gasteiger partial charge in [0.1, 0.15) is 6.10 Å². The van der Waals surface area contributed by atoms with E-state index in [0.29, 0.717) is 0 Å². The molecule has 0 radical (unpaired) electrons. The van der Waals surface area contributed by atoms with Gasteiger partial charge < -0.3 is 25.7 Å². The second-order valence-corrected chi connectivity index (χ2v) is 2.70. The van der Waals surface area contributed by atoms with Crippen molar-refractivity contribution in [2.75, 3.05) is 20.2 Å². The van der Waals surface area contributed by atoms with E-state index in [1.54, 1.807) is 7.05 Å². The normalized spacial score (nSPS) is 18.8. The van der Waals surface area contributed by atoms with Crippen molar-refractivity contribution < 1.29 is 20.4 Å². The zero-order valence-electron chi connectivity index (χ0n) is 7.14. The molecule has 0 aliphatic carbocycles. The predicted molar refractivity (Wildman–Crippen MR) is 43.6 cm³/mol. The van der Waals surface area contributed by atoms with Crippen LogP contribution >= 0.6 is 0 Å². The molecule has 0 aliphatic rings. The van der Waals surface area contributed by atoms with Crippen LogP contribution in [-0.4, -0.2) is 58.9 Å². The number of nitrogens with one attached hydrogen (secondary N) is 1. The van der Waals surface area contributed by atoms with Crippen LogP contribution < -0.4 is 5.32 Å². The van der Waals surface area contributed by atoms with E-state index in [0.717, 1.165) is 0 Å². The minimum Gasteiger partial charge on any atom is -0.396 e. The molecule has 0 amide bonds. The van der Waals surface area contributed by atoms with Crippen LogP contribution in [0.2, 0.25) is 0 Å². The highest BCUT2D eigenvalue weighted by molar-refractivity contribution is 4.75. The number of hydrogen-bond donors (Lipinski definition) is 5. The quantitative estimate of drug-likeness (QED) is 0.315. The summed E-state index contributed by atoms with van der Waals surface area (Å²) in [6, 6.07) is 0. The molecule has 0 fully saturated rings. The first-order chi connectivity index (χ1) is 5.63. The molecule has 0 aliphatic heterocycles. The predicted octanol–water partition coefficient (Wildman–Crippen LogP) is -2.33. The average molecular weight is 179 g/mol. The Morgan fingerprint density at radius 3 is 2.17 bits per heavy atom. The molecular weight excluding hydrogens is 162 g/mol. The fourth-order valence-corrected chi connectivity index (χ4v) is 0.889. The lowest BCUT2D eigenvalue weighted by molar-refractivity contribution is -0.0638. The highest BCUT2D eigenvalue weighted by atomic mass is 16.4. The summed E-state index contributed by atoms with van der Waals surface area (Å²) in [5.74, 6) is 0. The molecule has 3 atom stereocenters. The van der Waals surface area contributed by atoms with E-state index >= 15 is 0 Å². The first kappa shape index (κ1) is 11.8. The van der Waals surface area contributed by atoms with E-state index in [4.69, 9.17) is 15.3 Å². The smallest absolute Gasteiger partial charge is 0.107 e. The fourth-order valence-electron chi connectivity index (χ4n) is 0.889. The molecule has 0 aromatic carbocycles. The van der Waals surface area contributed by atoms with Crippen LogP contribution in [0.5, 0.6) is 0 Å². The summed E-state index contributed by atoms with van der Waals surface area (Å²) in [6.45, 7) is 0.00809. The Morgan fingerprint density at radius 2 is 1.75 bits per heavy atom. The third-order valence-electron chi connectivity index (χ3n) is 1.63. The number of aliphatic hydroxyl groups is 4. The number of rotatable bonds is 6. The lowest BCUT2D eigenvalue weighted by atomic mass is 10.1. The van der Waals surface area contributed by atoms with Crippen molar-refractivity contribution in [2.45, 2.75) is 24.7 Å². The second kappa shape index (κ2) is 6.33. The Morgan fingerprint density at radius 1 is 1.17 bits per heavy atom. The molecule has 74 valence electrons. The molecule has 0 heterocycles. The van der Waals surface area contributed by atoms with Crippen LogP contribution in [0, 0.1) is 0 Å². The Bertz CT molecular complexity index is 99.6. The van der Waals surface area contributed by atoms with E-state index in [9.17, 15) is 5.11 Å². The molecule has 0 rings (SSSR count). The van der Waals surface area contributed by atoms with Crippen molar-refractivity contribution in [3.8, 4) is 0 Å². The molecule has 2 unspecified atom stereocenters.